The van der Waals surface area contributed by atoms with E-state index < -0.39 is 11.8 Å². The van der Waals surface area contributed by atoms with Gasteiger partial charge in [-0.05, 0) is 66.4 Å². The third kappa shape index (κ3) is 3.77. The van der Waals surface area contributed by atoms with Crippen LogP contribution in [0.4, 0.5) is 5.69 Å². The lowest BCUT2D eigenvalue weighted by molar-refractivity contribution is -0.185. The van der Waals surface area contributed by atoms with E-state index in [0.717, 1.165) is 39.6 Å². The second-order valence-electron chi connectivity index (χ2n) is 8.89. The van der Waals surface area contributed by atoms with E-state index in [1.807, 2.05) is 87.4 Å². The molecule has 0 saturated carbocycles. The summed E-state index contributed by atoms with van der Waals surface area (Å²) in [5.41, 5.74) is 7.67. The Morgan fingerprint density at radius 2 is 1.76 bits per heavy atom. The minimum Gasteiger partial charge on any atom is -0.421 e. The maximum absolute atomic E-state index is 13.3. The summed E-state index contributed by atoms with van der Waals surface area (Å²) in [6.45, 7) is 3.99. The fourth-order valence-corrected chi connectivity index (χ4v) is 4.83. The lowest BCUT2D eigenvalue weighted by atomic mass is 9.87. The van der Waals surface area contributed by atoms with E-state index in [9.17, 15) is 9.90 Å². The highest BCUT2D eigenvalue weighted by Crippen LogP contribution is 2.45. The van der Waals surface area contributed by atoms with Crippen molar-refractivity contribution in [3.05, 3.63) is 94.1 Å². The number of aliphatic hydroxyl groups is 1. The van der Waals surface area contributed by atoms with Crippen molar-refractivity contribution in [1.82, 2.24) is 8.75 Å². The standard InChI is InChI=1S/C27H25N3O3S/c1-16-8-10-20(12-17(16)2)27(32)22(14-18-6-5-7-21(13-18)30(3)4)25(26(31)33-27)19-9-11-23-24(15-19)29-34-28-23/h5-13,15,32H,14H2,1-4H3. The average Bonchev–Trinajstić information content (AvgIpc) is 3.37. The highest BCUT2D eigenvalue weighted by Gasteiger charge is 2.48. The van der Waals surface area contributed by atoms with Gasteiger partial charge in [0.25, 0.3) is 5.79 Å². The summed E-state index contributed by atoms with van der Waals surface area (Å²) in [5.74, 6) is -2.42. The highest BCUT2D eigenvalue weighted by molar-refractivity contribution is 7.00. The zero-order valence-corrected chi connectivity index (χ0v) is 20.3. The Morgan fingerprint density at radius 1 is 0.971 bits per heavy atom. The van der Waals surface area contributed by atoms with E-state index in [4.69, 9.17) is 4.74 Å². The Morgan fingerprint density at radius 3 is 2.53 bits per heavy atom. The molecule has 5 rings (SSSR count). The van der Waals surface area contributed by atoms with Crippen molar-refractivity contribution in [3.63, 3.8) is 0 Å². The van der Waals surface area contributed by atoms with Crippen LogP contribution in [-0.2, 0) is 21.7 Å². The number of hydrogen-bond acceptors (Lipinski definition) is 7. The number of carbonyl (C=O) groups is 1. The van der Waals surface area contributed by atoms with Crippen molar-refractivity contribution in [2.75, 3.05) is 19.0 Å². The molecule has 0 radical (unpaired) electrons. The van der Waals surface area contributed by atoms with Crippen LogP contribution in [0.15, 0.2) is 66.2 Å². The number of carbonyl (C=O) groups excluding carboxylic acids is 1. The molecule has 1 atom stereocenters. The molecule has 1 aromatic heterocycles. The van der Waals surface area contributed by atoms with Gasteiger partial charge < -0.3 is 14.7 Å². The van der Waals surface area contributed by atoms with Crippen LogP contribution in [0, 0.1) is 13.8 Å². The zero-order chi connectivity index (χ0) is 24.0. The van der Waals surface area contributed by atoms with E-state index in [0.29, 0.717) is 34.2 Å². The first-order chi connectivity index (χ1) is 16.3. The van der Waals surface area contributed by atoms with E-state index in [-0.39, 0.29) is 0 Å². The second kappa shape index (κ2) is 8.34. The van der Waals surface area contributed by atoms with Gasteiger partial charge in [0.15, 0.2) is 0 Å². The molecule has 1 unspecified atom stereocenters. The van der Waals surface area contributed by atoms with Crippen molar-refractivity contribution in [3.8, 4) is 0 Å². The fraction of sp³-hybridized carbons (Fsp3) is 0.222. The Bertz CT molecular complexity index is 1460. The Labute approximate surface area is 202 Å². The number of benzene rings is 3. The molecule has 0 bridgehead atoms. The van der Waals surface area contributed by atoms with Gasteiger partial charge in [0.2, 0.25) is 0 Å². The Balaban J connectivity index is 1.71. The normalized spacial score (nSPS) is 18.0. The summed E-state index contributed by atoms with van der Waals surface area (Å²) in [7, 11) is 3.96. The molecular weight excluding hydrogens is 446 g/mol. The van der Waals surface area contributed by atoms with Gasteiger partial charge in [-0.2, -0.15) is 8.75 Å². The van der Waals surface area contributed by atoms with Crippen LogP contribution in [0.1, 0.15) is 27.8 Å². The number of fused-ring (bicyclic) bond motifs is 1. The molecule has 1 aliphatic heterocycles. The minimum absolute atomic E-state index is 0.347. The van der Waals surface area contributed by atoms with Gasteiger partial charge in [-0.25, -0.2) is 4.79 Å². The molecule has 3 aromatic carbocycles. The van der Waals surface area contributed by atoms with Crippen molar-refractivity contribution < 1.29 is 14.6 Å². The minimum atomic E-state index is -1.87. The third-order valence-corrected chi connectivity index (χ3v) is 6.96. The predicted molar refractivity (Wildman–Crippen MR) is 135 cm³/mol. The molecule has 0 aliphatic carbocycles. The molecule has 0 spiro atoms. The SMILES string of the molecule is Cc1ccc(C2(O)OC(=O)C(c3ccc4nsnc4c3)=C2Cc2cccc(N(C)C)c2)cc1C. The highest BCUT2D eigenvalue weighted by atomic mass is 32.1. The third-order valence-electron chi connectivity index (χ3n) is 6.40. The lowest BCUT2D eigenvalue weighted by Crippen LogP contribution is -2.30. The van der Waals surface area contributed by atoms with Gasteiger partial charge in [0, 0.05) is 37.3 Å². The van der Waals surface area contributed by atoms with Gasteiger partial charge in [-0.1, -0.05) is 30.3 Å². The molecule has 172 valence electrons. The molecule has 34 heavy (non-hydrogen) atoms. The van der Waals surface area contributed by atoms with E-state index in [1.165, 1.54) is 0 Å². The number of rotatable bonds is 5. The zero-order valence-electron chi connectivity index (χ0n) is 19.5. The number of hydrogen-bond donors (Lipinski definition) is 1. The maximum Gasteiger partial charge on any atom is 0.342 e. The summed E-state index contributed by atoms with van der Waals surface area (Å²) in [6.07, 6.45) is 0.347. The Hall–Kier alpha value is -3.55. The smallest absolute Gasteiger partial charge is 0.342 e. The summed E-state index contributed by atoms with van der Waals surface area (Å²) in [4.78, 5) is 15.3. The monoisotopic (exact) mass is 471 g/mol. The fourth-order valence-electron chi connectivity index (χ4n) is 4.31. The van der Waals surface area contributed by atoms with Gasteiger partial charge in [-0.15, -0.1) is 0 Å². The molecule has 0 amide bonds. The van der Waals surface area contributed by atoms with Crippen LogP contribution in [0.3, 0.4) is 0 Å². The summed E-state index contributed by atoms with van der Waals surface area (Å²) >= 11 is 1.13. The van der Waals surface area contributed by atoms with E-state index in [1.54, 1.807) is 0 Å². The number of esters is 1. The predicted octanol–water partition coefficient (Wildman–Crippen LogP) is 4.77. The first-order valence-corrected chi connectivity index (χ1v) is 11.8. The molecule has 0 fully saturated rings. The number of ether oxygens (including phenoxy) is 1. The number of aromatic nitrogens is 2. The van der Waals surface area contributed by atoms with E-state index >= 15 is 0 Å². The first-order valence-electron chi connectivity index (χ1n) is 11.0. The first kappa shape index (κ1) is 22.3. The molecule has 6 nitrogen and oxygen atoms in total. The topological polar surface area (TPSA) is 75.5 Å². The molecule has 2 heterocycles. The van der Waals surface area contributed by atoms with E-state index in [2.05, 4.69) is 14.8 Å². The molecule has 1 N–H and O–H groups in total. The van der Waals surface area contributed by atoms with Crippen LogP contribution in [0.25, 0.3) is 16.6 Å². The van der Waals surface area contributed by atoms with Crippen molar-refractivity contribution in [1.29, 1.82) is 0 Å². The van der Waals surface area contributed by atoms with Crippen LogP contribution in [0.2, 0.25) is 0 Å². The average molecular weight is 472 g/mol. The number of nitrogens with zero attached hydrogens (tertiary/aromatic N) is 3. The molecule has 7 heteroatoms. The van der Waals surface area contributed by atoms with Crippen LogP contribution in [0.5, 0.6) is 0 Å². The van der Waals surface area contributed by atoms with Crippen molar-refractivity contribution in [2.24, 2.45) is 0 Å². The van der Waals surface area contributed by atoms with Crippen molar-refractivity contribution >= 4 is 40.0 Å². The lowest BCUT2D eigenvalue weighted by Gasteiger charge is -2.26. The van der Waals surface area contributed by atoms with Crippen LogP contribution in [-0.4, -0.2) is 33.9 Å². The molecule has 4 aromatic rings. The largest absolute Gasteiger partial charge is 0.421 e. The number of cyclic esters (lactones) is 1. The summed E-state index contributed by atoms with van der Waals surface area (Å²) < 4.78 is 14.3. The molecule has 0 saturated heterocycles. The summed E-state index contributed by atoms with van der Waals surface area (Å²) in [5, 5.41) is 11.9. The van der Waals surface area contributed by atoms with Crippen molar-refractivity contribution in [2.45, 2.75) is 26.1 Å². The summed E-state index contributed by atoms with van der Waals surface area (Å²) in [6, 6.07) is 19.2. The van der Waals surface area contributed by atoms with Gasteiger partial charge in [0.05, 0.1) is 17.3 Å². The van der Waals surface area contributed by atoms with Gasteiger partial charge >= 0.3 is 5.97 Å². The van der Waals surface area contributed by atoms with Crippen LogP contribution < -0.4 is 4.90 Å². The van der Waals surface area contributed by atoms with Gasteiger partial charge in [0.1, 0.15) is 11.0 Å². The Kier molecular flexibility index (Phi) is 5.46. The van der Waals surface area contributed by atoms with Gasteiger partial charge in [-0.3, -0.25) is 0 Å². The second-order valence-corrected chi connectivity index (χ2v) is 9.42. The quantitative estimate of drug-likeness (QED) is 0.423. The number of aryl methyl sites for hydroxylation is 2. The molecular formula is C27H25N3O3S. The maximum atomic E-state index is 13.3. The number of anilines is 1. The van der Waals surface area contributed by atoms with Crippen LogP contribution >= 0.6 is 11.7 Å². The molecule has 1 aliphatic rings.